The molecule has 2 heterocycles. The van der Waals surface area contributed by atoms with E-state index in [9.17, 15) is 0 Å². The van der Waals surface area contributed by atoms with Crippen molar-refractivity contribution in [1.29, 1.82) is 0 Å². The minimum atomic E-state index is 0.724. The highest BCUT2D eigenvalue weighted by Crippen LogP contribution is 2.33. The highest BCUT2D eigenvalue weighted by atomic mass is 32.1. The van der Waals surface area contributed by atoms with Gasteiger partial charge in [0.2, 0.25) is 0 Å². The van der Waals surface area contributed by atoms with Crippen molar-refractivity contribution in [3.63, 3.8) is 0 Å². The molecule has 5 heteroatoms. The van der Waals surface area contributed by atoms with Crippen molar-refractivity contribution >= 4 is 11.3 Å². The van der Waals surface area contributed by atoms with Crippen LogP contribution in [0, 0.1) is 6.92 Å². The Morgan fingerprint density at radius 2 is 1.60 bits per heavy atom. The van der Waals surface area contributed by atoms with E-state index in [1.54, 1.807) is 7.11 Å². The molecule has 25 heavy (non-hydrogen) atoms. The Labute approximate surface area is 149 Å². The molecular weight excluding hydrogens is 332 g/mol. The predicted octanol–water partition coefficient (Wildman–Crippen LogP) is 5.45. The highest BCUT2D eigenvalue weighted by Gasteiger charge is 2.13. The average molecular weight is 348 g/mol. The fraction of sp³-hybridized carbons (Fsp3) is 0.100. The molecule has 2 aromatic heterocycles. The van der Waals surface area contributed by atoms with Crippen molar-refractivity contribution in [1.82, 2.24) is 10.2 Å². The van der Waals surface area contributed by atoms with E-state index in [2.05, 4.69) is 29.3 Å². The molecule has 0 aliphatic heterocycles. The van der Waals surface area contributed by atoms with Crippen LogP contribution in [0.4, 0.5) is 0 Å². The summed E-state index contributed by atoms with van der Waals surface area (Å²) in [6.45, 7) is 2.07. The van der Waals surface area contributed by atoms with E-state index >= 15 is 0 Å². The Hall–Kier alpha value is -2.92. The third-order valence-electron chi connectivity index (χ3n) is 3.88. The standard InChI is InChI=1S/C20H16N2O2S/c1-13-4-3-5-15(12-13)19-21-22-20(25-19)18-11-10-17(24-18)14-6-8-16(23-2)9-7-14/h3-12H,1-2H3. The number of aromatic nitrogens is 2. The molecule has 2 aromatic carbocycles. The van der Waals surface area contributed by atoms with Crippen molar-refractivity contribution in [3.8, 4) is 38.4 Å². The first-order valence-electron chi connectivity index (χ1n) is 7.88. The molecular formula is C20H16N2O2S. The Morgan fingerprint density at radius 3 is 2.36 bits per heavy atom. The Bertz CT molecular complexity index is 1000. The van der Waals surface area contributed by atoms with Gasteiger partial charge >= 0.3 is 0 Å². The Kier molecular flexibility index (Phi) is 4.07. The van der Waals surface area contributed by atoms with E-state index in [1.165, 1.54) is 16.9 Å². The van der Waals surface area contributed by atoms with Crippen molar-refractivity contribution in [2.75, 3.05) is 7.11 Å². The van der Waals surface area contributed by atoms with Gasteiger partial charge in [0, 0.05) is 11.1 Å². The summed E-state index contributed by atoms with van der Waals surface area (Å²) >= 11 is 1.53. The van der Waals surface area contributed by atoms with Crippen LogP contribution in [0.1, 0.15) is 5.56 Å². The minimum Gasteiger partial charge on any atom is -0.497 e. The zero-order valence-electron chi connectivity index (χ0n) is 13.9. The van der Waals surface area contributed by atoms with Crippen LogP contribution < -0.4 is 4.74 Å². The molecule has 0 aliphatic rings. The normalized spacial score (nSPS) is 10.8. The molecule has 0 aliphatic carbocycles. The van der Waals surface area contributed by atoms with Gasteiger partial charge in [-0.3, -0.25) is 0 Å². The SMILES string of the molecule is COc1ccc(-c2ccc(-c3nnc(-c4cccc(C)c4)s3)o2)cc1. The van der Waals surface area contributed by atoms with E-state index in [-0.39, 0.29) is 0 Å². The van der Waals surface area contributed by atoms with E-state index in [1.807, 2.05) is 48.5 Å². The van der Waals surface area contributed by atoms with Crippen molar-refractivity contribution in [2.45, 2.75) is 6.92 Å². The number of ether oxygens (including phenoxy) is 1. The lowest BCUT2D eigenvalue weighted by atomic mass is 10.1. The van der Waals surface area contributed by atoms with Crippen LogP contribution in [0.2, 0.25) is 0 Å². The predicted molar refractivity (Wildman–Crippen MR) is 99.8 cm³/mol. The van der Waals surface area contributed by atoms with E-state index < -0.39 is 0 Å². The van der Waals surface area contributed by atoms with Crippen LogP contribution in [0.15, 0.2) is 65.1 Å². The molecule has 4 rings (SSSR count). The van der Waals surface area contributed by atoms with Crippen LogP contribution >= 0.6 is 11.3 Å². The summed E-state index contributed by atoms with van der Waals surface area (Å²) in [6.07, 6.45) is 0. The summed E-state index contributed by atoms with van der Waals surface area (Å²) in [7, 11) is 1.65. The van der Waals surface area contributed by atoms with Crippen LogP contribution in [-0.4, -0.2) is 17.3 Å². The summed E-state index contributed by atoms with van der Waals surface area (Å²) in [5.74, 6) is 2.34. The maximum atomic E-state index is 5.97. The number of furan rings is 1. The average Bonchev–Trinajstić information content (AvgIpc) is 3.31. The van der Waals surface area contributed by atoms with Gasteiger partial charge < -0.3 is 9.15 Å². The summed E-state index contributed by atoms with van der Waals surface area (Å²) in [5, 5.41) is 10.2. The monoisotopic (exact) mass is 348 g/mol. The first kappa shape index (κ1) is 15.6. The van der Waals surface area contributed by atoms with Gasteiger partial charge in [0.1, 0.15) is 16.5 Å². The molecule has 0 atom stereocenters. The van der Waals surface area contributed by atoms with Gasteiger partial charge in [0.25, 0.3) is 0 Å². The summed E-state index contributed by atoms with van der Waals surface area (Å²) in [4.78, 5) is 0. The first-order valence-corrected chi connectivity index (χ1v) is 8.70. The van der Waals surface area contributed by atoms with Crippen molar-refractivity contribution in [3.05, 3.63) is 66.2 Å². The minimum absolute atomic E-state index is 0.724. The highest BCUT2D eigenvalue weighted by molar-refractivity contribution is 7.17. The number of rotatable bonds is 4. The molecule has 0 saturated heterocycles. The smallest absolute Gasteiger partial charge is 0.183 e. The van der Waals surface area contributed by atoms with E-state index in [0.29, 0.717) is 0 Å². The van der Waals surface area contributed by atoms with Crippen molar-refractivity contribution < 1.29 is 9.15 Å². The topological polar surface area (TPSA) is 48.2 Å². The molecule has 124 valence electrons. The van der Waals surface area contributed by atoms with E-state index in [0.717, 1.165) is 38.4 Å². The quantitative estimate of drug-likeness (QED) is 0.492. The number of hydrogen-bond acceptors (Lipinski definition) is 5. The first-order chi connectivity index (χ1) is 12.2. The van der Waals surface area contributed by atoms with Gasteiger partial charge in [-0.05, 0) is 49.4 Å². The van der Waals surface area contributed by atoms with Gasteiger partial charge in [-0.1, -0.05) is 35.1 Å². The number of hydrogen-bond donors (Lipinski definition) is 0. The van der Waals surface area contributed by atoms with Gasteiger partial charge in [-0.2, -0.15) is 0 Å². The molecule has 4 aromatic rings. The third-order valence-corrected chi connectivity index (χ3v) is 4.87. The second kappa shape index (κ2) is 6.53. The van der Waals surface area contributed by atoms with Crippen LogP contribution in [-0.2, 0) is 0 Å². The molecule has 0 fully saturated rings. The van der Waals surface area contributed by atoms with Crippen LogP contribution in [0.25, 0.3) is 32.7 Å². The number of nitrogens with zero attached hydrogens (tertiary/aromatic N) is 2. The molecule has 0 bridgehead atoms. The van der Waals surface area contributed by atoms with Crippen LogP contribution in [0.3, 0.4) is 0 Å². The fourth-order valence-electron chi connectivity index (χ4n) is 2.58. The summed E-state index contributed by atoms with van der Waals surface area (Å²) in [5.41, 5.74) is 3.27. The zero-order valence-corrected chi connectivity index (χ0v) is 14.7. The molecule has 0 amide bonds. The molecule has 4 nitrogen and oxygen atoms in total. The van der Waals surface area contributed by atoms with Gasteiger partial charge in [0.15, 0.2) is 10.8 Å². The number of methoxy groups -OCH3 is 1. The van der Waals surface area contributed by atoms with E-state index in [4.69, 9.17) is 9.15 Å². The summed E-state index contributed by atoms with van der Waals surface area (Å²) < 4.78 is 11.2. The van der Waals surface area contributed by atoms with Gasteiger partial charge in [0.05, 0.1) is 7.11 Å². The largest absolute Gasteiger partial charge is 0.497 e. The lowest BCUT2D eigenvalue weighted by Crippen LogP contribution is -1.81. The molecule has 0 radical (unpaired) electrons. The molecule has 0 spiro atoms. The number of aryl methyl sites for hydroxylation is 1. The second-order valence-corrected chi connectivity index (χ2v) is 6.65. The molecule has 0 N–H and O–H groups in total. The second-order valence-electron chi connectivity index (χ2n) is 5.67. The zero-order chi connectivity index (χ0) is 17.2. The Morgan fingerprint density at radius 1 is 0.840 bits per heavy atom. The van der Waals surface area contributed by atoms with Gasteiger partial charge in [-0.25, -0.2) is 0 Å². The molecule has 0 unspecified atom stereocenters. The maximum absolute atomic E-state index is 5.97. The number of benzene rings is 2. The molecule has 0 saturated carbocycles. The lowest BCUT2D eigenvalue weighted by Gasteiger charge is -2.00. The maximum Gasteiger partial charge on any atom is 0.183 e. The summed E-state index contributed by atoms with van der Waals surface area (Å²) in [6, 6.07) is 19.9. The third kappa shape index (κ3) is 3.19. The lowest BCUT2D eigenvalue weighted by molar-refractivity contribution is 0.415. The van der Waals surface area contributed by atoms with Crippen molar-refractivity contribution in [2.24, 2.45) is 0 Å². The van der Waals surface area contributed by atoms with Crippen LogP contribution in [0.5, 0.6) is 5.75 Å². The fourth-order valence-corrected chi connectivity index (χ4v) is 3.38. The Balaban J connectivity index is 1.62. The van der Waals surface area contributed by atoms with Gasteiger partial charge in [-0.15, -0.1) is 10.2 Å².